The first kappa shape index (κ1) is 19.0. The Bertz CT molecular complexity index is 812. The van der Waals surface area contributed by atoms with E-state index >= 15 is 0 Å². The van der Waals surface area contributed by atoms with Crippen LogP contribution in [-0.2, 0) is 11.2 Å². The summed E-state index contributed by atoms with van der Waals surface area (Å²) in [5, 5.41) is 11.9. The molecule has 0 aliphatic heterocycles. The van der Waals surface area contributed by atoms with Gasteiger partial charge in [-0.2, -0.15) is 0 Å². The molecule has 7 heteroatoms. The molecule has 2 aromatic carbocycles. The Kier molecular flexibility index (Phi) is 6.32. The number of carboxylic acids is 1. The van der Waals surface area contributed by atoms with Gasteiger partial charge in [-0.1, -0.05) is 25.1 Å². The van der Waals surface area contributed by atoms with Gasteiger partial charge in [0.25, 0.3) is 5.91 Å². The van der Waals surface area contributed by atoms with E-state index in [9.17, 15) is 9.59 Å². The van der Waals surface area contributed by atoms with Crippen molar-refractivity contribution in [2.75, 3.05) is 5.32 Å². The number of nitrogens with zero attached hydrogens (tertiary/aromatic N) is 1. The summed E-state index contributed by atoms with van der Waals surface area (Å²) in [4.78, 5) is 27.4. The molecule has 0 aliphatic carbocycles. The monoisotopic (exact) mass is 354 g/mol. The van der Waals surface area contributed by atoms with Crippen LogP contribution in [-0.4, -0.2) is 22.9 Å². The van der Waals surface area contributed by atoms with Crippen LogP contribution in [0.2, 0.25) is 0 Å². The molecule has 7 nitrogen and oxygen atoms in total. The van der Waals surface area contributed by atoms with Gasteiger partial charge in [0.2, 0.25) is 0 Å². The van der Waals surface area contributed by atoms with Crippen molar-refractivity contribution < 1.29 is 14.7 Å². The van der Waals surface area contributed by atoms with E-state index in [-0.39, 0.29) is 11.9 Å². The number of aliphatic imine (C=N–C) groups is 1. The molecule has 1 atom stereocenters. The van der Waals surface area contributed by atoms with Crippen LogP contribution in [0.3, 0.4) is 0 Å². The highest BCUT2D eigenvalue weighted by Crippen LogP contribution is 2.18. The molecular formula is C19H22N4O3. The molecule has 1 amide bonds. The fraction of sp³-hybridized carbons (Fsp3) is 0.211. The summed E-state index contributed by atoms with van der Waals surface area (Å²) in [6.45, 7) is 1.85. The molecule has 0 aromatic heterocycles. The quantitative estimate of drug-likeness (QED) is 0.448. The maximum atomic E-state index is 12.4. The van der Waals surface area contributed by atoms with Gasteiger partial charge in [0.1, 0.15) is 0 Å². The van der Waals surface area contributed by atoms with Crippen molar-refractivity contribution in [3.05, 3.63) is 59.7 Å². The summed E-state index contributed by atoms with van der Waals surface area (Å²) in [5.74, 6) is -1.58. The number of nitrogens with one attached hydrogen (secondary N) is 1. The van der Waals surface area contributed by atoms with Crippen LogP contribution in [0.4, 0.5) is 11.4 Å². The molecular weight excluding hydrogens is 332 g/mol. The molecule has 0 spiro atoms. The smallest absolute Gasteiger partial charge is 0.306 e. The molecule has 136 valence electrons. The van der Waals surface area contributed by atoms with Crippen molar-refractivity contribution in [1.29, 1.82) is 0 Å². The summed E-state index contributed by atoms with van der Waals surface area (Å²) in [6.07, 6.45) is 1.03. The van der Waals surface area contributed by atoms with Gasteiger partial charge in [-0.05, 0) is 48.7 Å². The predicted molar refractivity (Wildman–Crippen MR) is 101 cm³/mol. The minimum Gasteiger partial charge on any atom is -0.481 e. The first-order valence-electron chi connectivity index (χ1n) is 8.21. The Morgan fingerprint density at radius 1 is 1.15 bits per heavy atom. The first-order chi connectivity index (χ1) is 12.4. The van der Waals surface area contributed by atoms with Gasteiger partial charge in [-0.3, -0.25) is 9.59 Å². The number of nitrogens with two attached hydrogens (primary N) is 2. The number of benzene rings is 2. The van der Waals surface area contributed by atoms with Crippen molar-refractivity contribution in [3.63, 3.8) is 0 Å². The molecule has 0 saturated carbocycles. The van der Waals surface area contributed by atoms with Crippen molar-refractivity contribution in [2.45, 2.75) is 19.8 Å². The number of carbonyl (C=O) groups is 2. The van der Waals surface area contributed by atoms with E-state index in [2.05, 4.69) is 10.3 Å². The zero-order valence-corrected chi connectivity index (χ0v) is 14.5. The topological polar surface area (TPSA) is 131 Å². The highest BCUT2D eigenvalue weighted by Gasteiger charge is 2.15. The fourth-order valence-electron chi connectivity index (χ4n) is 2.48. The van der Waals surface area contributed by atoms with Crippen LogP contribution in [0.15, 0.2) is 53.5 Å². The third-order valence-electron chi connectivity index (χ3n) is 3.90. The van der Waals surface area contributed by atoms with E-state index in [0.717, 1.165) is 5.56 Å². The number of carbonyl (C=O) groups excluding carboxylic acids is 1. The molecule has 0 saturated heterocycles. The van der Waals surface area contributed by atoms with Crippen LogP contribution in [0.1, 0.15) is 29.3 Å². The Hall–Kier alpha value is -3.35. The maximum Gasteiger partial charge on any atom is 0.306 e. The van der Waals surface area contributed by atoms with E-state index in [4.69, 9.17) is 16.6 Å². The van der Waals surface area contributed by atoms with E-state index < -0.39 is 11.9 Å². The molecule has 0 aliphatic rings. The number of rotatable bonds is 7. The minimum atomic E-state index is -0.800. The normalized spacial score (nSPS) is 11.4. The number of aliphatic carboxylic acids is 1. The second-order valence-corrected chi connectivity index (χ2v) is 5.89. The van der Waals surface area contributed by atoms with Gasteiger partial charge in [0.15, 0.2) is 5.96 Å². The molecule has 0 bridgehead atoms. The van der Waals surface area contributed by atoms with Crippen molar-refractivity contribution >= 4 is 29.2 Å². The summed E-state index contributed by atoms with van der Waals surface area (Å²) in [6, 6.07) is 13.8. The van der Waals surface area contributed by atoms with Gasteiger partial charge in [0.05, 0.1) is 11.6 Å². The minimum absolute atomic E-state index is 0.0788. The van der Waals surface area contributed by atoms with E-state index in [1.54, 1.807) is 36.4 Å². The first-order valence-corrected chi connectivity index (χ1v) is 8.21. The van der Waals surface area contributed by atoms with Crippen molar-refractivity contribution in [3.8, 4) is 0 Å². The molecule has 1 unspecified atom stereocenters. The second kappa shape index (κ2) is 8.66. The number of hydrogen-bond donors (Lipinski definition) is 4. The average Bonchev–Trinajstić information content (AvgIpc) is 2.60. The van der Waals surface area contributed by atoms with E-state index in [1.165, 1.54) is 0 Å². The van der Waals surface area contributed by atoms with Crippen LogP contribution in [0, 0.1) is 5.92 Å². The number of anilines is 1. The zero-order chi connectivity index (χ0) is 19.1. The summed E-state index contributed by atoms with van der Waals surface area (Å²) in [7, 11) is 0. The number of amides is 1. The highest BCUT2D eigenvalue weighted by atomic mass is 16.4. The van der Waals surface area contributed by atoms with Gasteiger partial charge in [-0.25, -0.2) is 4.99 Å². The molecule has 0 radical (unpaired) electrons. The molecule has 26 heavy (non-hydrogen) atoms. The van der Waals surface area contributed by atoms with Crippen LogP contribution in [0.5, 0.6) is 0 Å². The SMILES string of the molecule is CCC(Cc1ccc(NC(=O)c2cccc(N=C(N)N)c2)cc1)C(=O)O. The Morgan fingerprint density at radius 3 is 2.42 bits per heavy atom. The Labute approximate surface area is 151 Å². The Morgan fingerprint density at radius 2 is 1.85 bits per heavy atom. The molecule has 2 rings (SSSR count). The summed E-state index contributed by atoms with van der Waals surface area (Å²) >= 11 is 0. The third-order valence-corrected chi connectivity index (χ3v) is 3.90. The largest absolute Gasteiger partial charge is 0.481 e. The predicted octanol–water partition coefficient (Wildman–Crippen LogP) is 2.50. The van der Waals surface area contributed by atoms with Crippen LogP contribution >= 0.6 is 0 Å². The lowest BCUT2D eigenvalue weighted by Crippen LogP contribution is -2.21. The van der Waals surface area contributed by atoms with Gasteiger partial charge >= 0.3 is 5.97 Å². The standard InChI is InChI=1S/C19H22N4O3/c1-2-13(18(25)26)10-12-6-8-15(9-7-12)22-17(24)14-4-3-5-16(11-14)23-19(20)21/h3-9,11,13H,2,10H2,1H3,(H,22,24)(H,25,26)(H4,20,21,23). The average molecular weight is 354 g/mol. The van der Waals surface area contributed by atoms with Crippen LogP contribution in [0.25, 0.3) is 0 Å². The van der Waals surface area contributed by atoms with Gasteiger partial charge in [0, 0.05) is 11.3 Å². The second-order valence-electron chi connectivity index (χ2n) is 5.89. The van der Waals surface area contributed by atoms with E-state index in [0.29, 0.717) is 29.8 Å². The molecule has 0 heterocycles. The number of carboxylic acid groups (broad SMARTS) is 1. The lowest BCUT2D eigenvalue weighted by Gasteiger charge is -2.11. The third kappa shape index (κ3) is 5.34. The van der Waals surface area contributed by atoms with Crippen molar-refractivity contribution in [1.82, 2.24) is 0 Å². The number of guanidine groups is 1. The Balaban J connectivity index is 2.06. The molecule has 0 fully saturated rings. The lowest BCUT2D eigenvalue weighted by molar-refractivity contribution is -0.141. The molecule has 2 aromatic rings. The summed E-state index contributed by atoms with van der Waals surface area (Å²) in [5.41, 5.74) is 13.1. The van der Waals surface area contributed by atoms with E-state index in [1.807, 2.05) is 19.1 Å². The zero-order valence-electron chi connectivity index (χ0n) is 14.5. The highest BCUT2D eigenvalue weighted by molar-refractivity contribution is 6.04. The van der Waals surface area contributed by atoms with Gasteiger partial charge in [-0.15, -0.1) is 0 Å². The lowest BCUT2D eigenvalue weighted by atomic mass is 9.97. The molecule has 6 N–H and O–H groups in total. The van der Waals surface area contributed by atoms with Crippen LogP contribution < -0.4 is 16.8 Å². The number of hydrogen-bond acceptors (Lipinski definition) is 3. The fourth-order valence-corrected chi connectivity index (χ4v) is 2.48. The maximum absolute atomic E-state index is 12.4. The van der Waals surface area contributed by atoms with Crippen molar-refractivity contribution in [2.24, 2.45) is 22.4 Å². The van der Waals surface area contributed by atoms with Gasteiger partial charge < -0.3 is 21.9 Å². The summed E-state index contributed by atoms with van der Waals surface area (Å²) < 4.78 is 0.